The minimum Gasteiger partial charge on any atom is -0.104 e. The second-order valence-electron chi connectivity index (χ2n) is 2.18. The van der Waals surface area contributed by atoms with Crippen LogP contribution in [0, 0.1) is 0 Å². The summed E-state index contributed by atoms with van der Waals surface area (Å²) < 4.78 is 0. The Morgan fingerprint density at radius 3 is 2.14 bits per heavy atom. The van der Waals surface area contributed by atoms with Gasteiger partial charge in [-0.3, -0.25) is 0 Å². The maximum Gasteiger partial charge on any atom is -0.0169 e. The lowest BCUT2D eigenvalue weighted by atomic mass is 10.4. The largest absolute Gasteiger partial charge is 0.104 e. The Kier molecular flexibility index (Phi) is 2.34. The molecule has 7 heavy (non-hydrogen) atoms. The molecule has 0 spiro atoms. The highest BCUT2D eigenvalue weighted by Crippen LogP contribution is 2.27. The summed E-state index contributed by atoms with van der Waals surface area (Å²) in [6.45, 7) is 0. The summed E-state index contributed by atoms with van der Waals surface area (Å²) in [6.07, 6.45) is 5.79. The van der Waals surface area contributed by atoms with Crippen LogP contribution >= 0.6 is 7.36 Å². The topological polar surface area (TPSA) is 0 Å². The Hall–Kier alpha value is 0.650. The second kappa shape index (κ2) is 2.84. The molecule has 0 amide bonds. The summed E-state index contributed by atoms with van der Waals surface area (Å²) in [4.78, 5) is 0. The third-order valence-corrected chi connectivity index (χ3v) is 3.80. The zero-order chi connectivity index (χ0) is 5.11. The maximum absolute atomic E-state index is 5.00. The first-order valence-corrected chi connectivity index (χ1v) is 5.44. The molecule has 0 radical (unpaired) electrons. The first-order chi connectivity index (χ1) is 3.43. The van der Waals surface area contributed by atoms with Crippen LogP contribution in [0.2, 0.25) is 0 Å². The quantitative estimate of drug-likeness (QED) is 0.493. The van der Waals surface area contributed by atoms with Gasteiger partial charge < -0.3 is 0 Å². The third kappa shape index (κ3) is 1.54. The van der Waals surface area contributed by atoms with Gasteiger partial charge in [0.25, 0.3) is 0 Å². The Labute approximate surface area is 51.1 Å². The van der Waals surface area contributed by atoms with Crippen molar-refractivity contribution in [2.75, 3.05) is 0 Å². The van der Waals surface area contributed by atoms with E-state index in [4.69, 9.17) is 11.8 Å². The number of hydrogen-bond acceptors (Lipinski definition) is 1. The van der Waals surface area contributed by atoms with Crippen LogP contribution in [0.15, 0.2) is 0 Å². The average molecular weight is 134 g/mol. The van der Waals surface area contributed by atoms with E-state index in [-0.39, 0.29) is 0 Å². The molecule has 1 aliphatic rings. The molecule has 1 aliphatic carbocycles. The van der Waals surface area contributed by atoms with Gasteiger partial charge in [-0.1, -0.05) is 20.2 Å². The van der Waals surface area contributed by atoms with E-state index >= 15 is 0 Å². The number of hydrogen-bond donors (Lipinski definition) is 0. The van der Waals surface area contributed by atoms with Gasteiger partial charge in [-0.25, -0.2) is 0 Å². The van der Waals surface area contributed by atoms with Crippen molar-refractivity contribution >= 4 is 19.2 Å². The second-order valence-corrected chi connectivity index (χ2v) is 4.21. The lowest BCUT2D eigenvalue weighted by molar-refractivity contribution is 0.886. The van der Waals surface area contributed by atoms with Crippen LogP contribution in [0.1, 0.15) is 25.7 Å². The molecule has 0 N–H and O–H groups in total. The summed E-state index contributed by atoms with van der Waals surface area (Å²) in [5.74, 6) is 0. The molecule has 0 aliphatic heterocycles. The van der Waals surface area contributed by atoms with Crippen molar-refractivity contribution < 1.29 is 0 Å². The van der Waals surface area contributed by atoms with Gasteiger partial charge in [0.1, 0.15) is 0 Å². The van der Waals surface area contributed by atoms with Crippen LogP contribution in [0.3, 0.4) is 0 Å². The minimum atomic E-state index is 0.384. The van der Waals surface area contributed by atoms with E-state index < -0.39 is 0 Å². The molecule has 42 valence electrons. The van der Waals surface area contributed by atoms with Crippen LogP contribution < -0.4 is 0 Å². The smallest absolute Gasteiger partial charge is 0.0169 e. The molecule has 0 heterocycles. The van der Waals surface area contributed by atoms with Crippen molar-refractivity contribution in [3.63, 3.8) is 0 Å². The monoisotopic (exact) mass is 134 g/mol. The van der Waals surface area contributed by atoms with Gasteiger partial charge in [-0.2, -0.15) is 0 Å². The molecule has 1 rings (SSSR count). The van der Waals surface area contributed by atoms with Crippen molar-refractivity contribution in [1.29, 1.82) is 0 Å². The molecule has 2 heteroatoms. The Bertz CT molecular complexity index is 66.5. The van der Waals surface area contributed by atoms with Crippen LogP contribution in [0.4, 0.5) is 0 Å². The predicted molar refractivity (Wildman–Crippen MR) is 39.3 cm³/mol. The molecule has 0 aromatic rings. The molecule has 0 nitrogen and oxygen atoms in total. The molecule has 1 atom stereocenters. The lowest BCUT2D eigenvalue weighted by Crippen LogP contribution is -1.83. The van der Waals surface area contributed by atoms with Gasteiger partial charge in [0.05, 0.1) is 0 Å². The average Bonchev–Trinajstić information content (AvgIpc) is 2.14. The van der Waals surface area contributed by atoms with E-state index in [0.717, 1.165) is 5.66 Å². The van der Waals surface area contributed by atoms with Gasteiger partial charge in [0.15, 0.2) is 0 Å². The summed E-state index contributed by atoms with van der Waals surface area (Å²) in [5.41, 5.74) is 0.995. The summed E-state index contributed by atoms with van der Waals surface area (Å²) >= 11 is 5.00. The maximum atomic E-state index is 5.00. The van der Waals surface area contributed by atoms with Crippen molar-refractivity contribution in [3.8, 4) is 0 Å². The Morgan fingerprint density at radius 1 is 1.29 bits per heavy atom. The molecule has 0 aromatic heterocycles. The van der Waals surface area contributed by atoms with Crippen molar-refractivity contribution in [1.82, 2.24) is 0 Å². The fourth-order valence-corrected chi connectivity index (χ4v) is 2.65. The van der Waals surface area contributed by atoms with Gasteiger partial charge in [0, 0.05) is 0 Å². The van der Waals surface area contributed by atoms with Crippen LogP contribution in [0.5, 0.6) is 0 Å². The summed E-state index contributed by atoms with van der Waals surface area (Å²) in [7, 11) is 0.384. The standard InChI is InChI=1S/C5H11PS/c7-6-5-3-1-2-4-5/h5H,1-4,6H2. The normalized spacial score (nSPS) is 25.1. The van der Waals surface area contributed by atoms with E-state index in [0.29, 0.717) is 7.36 Å². The minimum absolute atomic E-state index is 0.384. The first kappa shape index (κ1) is 5.78. The van der Waals surface area contributed by atoms with E-state index in [2.05, 4.69) is 0 Å². The molecular weight excluding hydrogens is 123 g/mol. The van der Waals surface area contributed by atoms with Crippen molar-refractivity contribution in [2.24, 2.45) is 0 Å². The highest BCUT2D eigenvalue weighted by molar-refractivity contribution is 7.96. The molecular formula is C5H11PS. The molecule has 1 fully saturated rings. The number of rotatable bonds is 1. The summed E-state index contributed by atoms with van der Waals surface area (Å²) in [6, 6.07) is 0. The lowest BCUT2D eigenvalue weighted by Gasteiger charge is -1.94. The summed E-state index contributed by atoms with van der Waals surface area (Å²) in [5, 5.41) is 0. The van der Waals surface area contributed by atoms with Gasteiger partial charge >= 0.3 is 0 Å². The van der Waals surface area contributed by atoms with Crippen molar-refractivity contribution in [2.45, 2.75) is 31.3 Å². The van der Waals surface area contributed by atoms with Crippen LogP contribution in [-0.2, 0) is 11.8 Å². The first-order valence-electron chi connectivity index (χ1n) is 2.89. The van der Waals surface area contributed by atoms with E-state index in [1.54, 1.807) is 0 Å². The molecule has 0 bridgehead atoms. The van der Waals surface area contributed by atoms with E-state index in [9.17, 15) is 0 Å². The Morgan fingerprint density at radius 2 is 1.86 bits per heavy atom. The zero-order valence-corrected chi connectivity index (χ0v) is 6.36. The van der Waals surface area contributed by atoms with Crippen molar-refractivity contribution in [3.05, 3.63) is 0 Å². The fraction of sp³-hybridized carbons (Fsp3) is 1.00. The molecule has 0 aromatic carbocycles. The van der Waals surface area contributed by atoms with E-state index in [1.165, 1.54) is 25.7 Å². The van der Waals surface area contributed by atoms with Gasteiger partial charge in [-0.15, -0.1) is 11.8 Å². The molecule has 1 unspecified atom stereocenters. The van der Waals surface area contributed by atoms with Gasteiger partial charge in [0.2, 0.25) is 0 Å². The zero-order valence-electron chi connectivity index (χ0n) is 4.39. The molecule has 1 saturated carbocycles. The predicted octanol–water partition coefficient (Wildman–Crippen LogP) is 1.80. The van der Waals surface area contributed by atoms with E-state index in [1.807, 2.05) is 0 Å². The fourth-order valence-electron chi connectivity index (χ4n) is 1.09. The highest BCUT2D eigenvalue weighted by Gasteiger charge is 2.09. The van der Waals surface area contributed by atoms with Crippen LogP contribution in [-0.4, -0.2) is 5.66 Å². The highest BCUT2D eigenvalue weighted by atomic mass is 32.4. The third-order valence-electron chi connectivity index (χ3n) is 1.59. The SMILES string of the molecule is S=[PH2]C1CCCC1. The van der Waals surface area contributed by atoms with Gasteiger partial charge in [-0.05, 0) is 18.5 Å². The van der Waals surface area contributed by atoms with Crippen LogP contribution in [0.25, 0.3) is 0 Å². The Balaban J connectivity index is 2.26. The molecule has 0 saturated heterocycles.